The number of nitrogens with one attached hydrogen (secondary N) is 1. The first-order valence-corrected chi connectivity index (χ1v) is 12.9. The van der Waals surface area contributed by atoms with E-state index >= 15 is 0 Å². The maximum Gasteiger partial charge on any atom is 0.294 e. The topological polar surface area (TPSA) is 71.4 Å². The van der Waals surface area contributed by atoms with Crippen LogP contribution in [0.1, 0.15) is 17.0 Å². The molecule has 2 aromatic carbocycles. The molecule has 0 bridgehead atoms. The lowest BCUT2D eigenvalue weighted by molar-refractivity contribution is -0.127. The van der Waals surface area contributed by atoms with Crippen LogP contribution in [0.5, 0.6) is 0 Å². The number of hydrogen-bond acceptors (Lipinski definition) is 4. The summed E-state index contributed by atoms with van der Waals surface area (Å²) in [6.07, 6.45) is 1.66. The number of aromatic nitrogens is 1. The number of thioether (sulfide) groups is 1. The molecule has 6 nitrogen and oxygen atoms in total. The van der Waals surface area contributed by atoms with Gasteiger partial charge < -0.3 is 9.88 Å². The lowest BCUT2D eigenvalue weighted by Gasteiger charge is -2.12. The van der Waals surface area contributed by atoms with Crippen LogP contribution in [0.3, 0.4) is 0 Å². The molecule has 2 heterocycles. The Morgan fingerprint density at radius 3 is 2.46 bits per heavy atom. The van der Waals surface area contributed by atoms with E-state index in [0.717, 1.165) is 39.3 Å². The third-order valence-electron chi connectivity index (χ3n) is 5.30. The molecule has 1 aliphatic heterocycles. The fraction of sp³-hybridized carbons (Fsp3) is 0.125. The first-order valence-electron chi connectivity index (χ1n) is 10.2. The minimum atomic E-state index is -0.525. The molecule has 0 saturated carbocycles. The van der Waals surface area contributed by atoms with E-state index in [9.17, 15) is 14.4 Å². The Hall–Kier alpha value is -2.23. The molecule has 0 atom stereocenters. The summed E-state index contributed by atoms with van der Waals surface area (Å²) < 4.78 is 2.67. The van der Waals surface area contributed by atoms with Crippen LogP contribution >= 0.6 is 62.5 Å². The van der Waals surface area contributed by atoms with Gasteiger partial charge in [0.1, 0.15) is 6.54 Å². The van der Waals surface area contributed by atoms with Gasteiger partial charge in [-0.1, -0.05) is 34.8 Å². The molecule has 3 aromatic rings. The second kappa shape index (κ2) is 10.4. The lowest BCUT2D eigenvalue weighted by Crippen LogP contribution is -2.36. The molecule has 1 N–H and O–H groups in total. The largest absolute Gasteiger partial charge is 0.324 e. The lowest BCUT2D eigenvalue weighted by atomic mass is 10.2. The SMILES string of the molecule is Cc1cc(/C=C2\SC(=O)N(CC(=O)Nc3ccc(Br)c(Cl)c3)C2=O)c(C)n1-c1ccc(Cl)c(Cl)c1. The fourth-order valence-electron chi connectivity index (χ4n) is 3.65. The van der Waals surface area contributed by atoms with E-state index in [1.165, 1.54) is 0 Å². The molecule has 0 radical (unpaired) electrons. The zero-order chi connectivity index (χ0) is 25.4. The van der Waals surface area contributed by atoms with Crippen molar-refractivity contribution in [3.8, 4) is 5.69 Å². The number of hydrogen-bond donors (Lipinski definition) is 1. The smallest absolute Gasteiger partial charge is 0.294 e. The average molecular weight is 614 g/mol. The molecule has 0 spiro atoms. The van der Waals surface area contributed by atoms with Gasteiger partial charge in [-0.05, 0) is 95.6 Å². The zero-order valence-corrected chi connectivity index (χ0v) is 23.0. The Morgan fingerprint density at radius 2 is 1.77 bits per heavy atom. The Balaban J connectivity index is 1.53. The highest BCUT2D eigenvalue weighted by Gasteiger charge is 2.36. The van der Waals surface area contributed by atoms with Crippen molar-refractivity contribution in [1.82, 2.24) is 9.47 Å². The van der Waals surface area contributed by atoms with E-state index in [2.05, 4.69) is 21.2 Å². The molecular formula is C24H17BrCl3N3O3S. The van der Waals surface area contributed by atoms with Gasteiger partial charge in [0.2, 0.25) is 5.91 Å². The highest BCUT2D eigenvalue weighted by atomic mass is 79.9. The average Bonchev–Trinajstić information content (AvgIpc) is 3.22. The summed E-state index contributed by atoms with van der Waals surface area (Å²) in [6, 6.07) is 12.2. The van der Waals surface area contributed by atoms with Crippen LogP contribution in [-0.4, -0.2) is 33.1 Å². The molecule has 3 amide bonds. The number of imide groups is 1. The standard InChI is InChI=1S/C24H17BrCl3N3O3S/c1-12-7-14(13(2)31(12)16-4-6-18(26)20(28)10-16)8-21-23(33)30(24(34)35-21)11-22(32)29-15-3-5-17(25)19(27)9-15/h3-10H,11H2,1-2H3,(H,29,32)/b21-8-. The quantitative estimate of drug-likeness (QED) is 0.303. The van der Waals surface area contributed by atoms with Crippen LogP contribution in [0.4, 0.5) is 10.5 Å². The van der Waals surface area contributed by atoms with E-state index in [-0.39, 0.29) is 4.91 Å². The van der Waals surface area contributed by atoms with Gasteiger partial charge >= 0.3 is 0 Å². The number of nitrogens with zero attached hydrogens (tertiary/aromatic N) is 2. The van der Waals surface area contributed by atoms with Crippen molar-refractivity contribution in [3.63, 3.8) is 0 Å². The van der Waals surface area contributed by atoms with Crippen LogP contribution in [0.25, 0.3) is 11.8 Å². The third kappa shape index (κ3) is 5.47. The number of aryl methyl sites for hydroxylation is 1. The van der Waals surface area contributed by atoms with Gasteiger partial charge in [0.15, 0.2) is 0 Å². The minimum Gasteiger partial charge on any atom is -0.324 e. The van der Waals surface area contributed by atoms with Gasteiger partial charge in [0.25, 0.3) is 11.1 Å². The minimum absolute atomic E-state index is 0.240. The molecule has 0 aliphatic carbocycles. The molecule has 0 unspecified atom stereocenters. The third-order valence-corrected chi connectivity index (χ3v) is 8.18. The maximum atomic E-state index is 12.9. The van der Waals surface area contributed by atoms with E-state index in [1.54, 1.807) is 36.4 Å². The van der Waals surface area contributed by atoms with Crippen molar-refractivity contribution in [1.29, 1.82) is 0 Å². The summed E-state index contributed by atoms with van der Waals surface area (Å²) in [5.74, 6) is -1.03. The molecule has 4 rings (SSSR count). The van der Waals surface area contributed by atoms with Gasteiger partial charge in [-0.3, -0.25) is 19.3 Å². The normalized spacial score (nSPS) is 14.8. The second-order valence-corrected chi connectivity index (χ2v) is 10.8. The number of benzene rings is 2. The Morgan fingerprint density at radius 1 is 1.03 bits per heavy atom. The number of amides is 3. The van der Waals surface area contributed by atoms with Crippen LogP contribution in [0.15, 0.2) is 51.8 Å². The molecule has 35 heavy (non-hydrogen) atoms. The Labute approximate surface area is 229 Å². The first-order chi connectivity index (χ1) is 16.5. The van der Waals surface area contributed by atoms with Crippen molar-refractivity contribution in [2.24, 2.45) is 0 Å². The Kier molecular flexibility index (Phi) is 7.68. The summed E-state index contributed by atoms with van der Waals surface area (Å²) in [6.45, 7) is 3.43. The van der Waals surface area contributed by atoms with Gasteiger partial charge in [0, 0.05) is 27.2 Å². The zero-order valence-electron chi connectivity index (χ0n) is 18.4. The molecule has 1 aromatic heterocycles. The highest BCUT2D eigenvalue weighted by molar-refractivity contribution is 9.10. The van der Waals surface area contributed by atoms with Gasteiger partial charge in [-0.25, -0.2) is 0 Å². The molecule has 1 fully saturated rings. The first kappa shape index (κ1) is 25.9. The Bertz CT molecular complexity index is 1420. The van der Waals surface area contributed by atoms with Crippen LogP contribution < -0.4 is 5.32 Å². The van der Waals surface area contributed by atoms with E-state index in [4.69, 9.17) is 34.8 Å². The summed E-state index contributed by atoms with van der Waals surface area (Å²) in [4.78, 5) is 39.1. The number of rotatable bonds is 5. The second-order valence-electron chi connectivity index (χ2n) is 7.71. The number of halogens is 4. The van der Waals surface area contributed by atoms with Gasteiger partial charge in [-0.2, -0.15) is 0 Å². The van der Waals surface area contributed by atoms with Crippen molar-refractivity contribution in [2.45, 2.75) is 13.8 Å². The van der Waals surface area contributed by atoms with Crippen molar-refractivity contribution < 1.29 is 14.4 Å². The molecule has 11 heteroatoms. The number of anilines is 1. The molecular weight excluding hydrogens is 597 g/mol. The van der Waals surface area contributed by atoms with Gasteiger partial charge in [0.05, 0.1) is 20.0 Å². The van der Waals surface area contributed by atoms with Crippen LogP contribution in [-0.2, 0) is 9.59 Å². The van der Waals surface area contributed by atoms with E-state index in [0.29, 0.717) is 25.2 Å². The summed E-state index contributed by atoms with van der Waals surface area (Å²) in [5, 5.41) is 3.45. The summed E-state index contributed by atoms with van der Waals surface area (Å²) in [5.41, 5.74) is 3.83. The predicted octanol–water partition coefficient (Wildman–Crippen LogP) is 7.49. The highest BCUT2D eigenvalue weighted by Crippen LogP contribution is 2.34. The fourth-order valence-corrected chi connectivity index (χ4v) is 5.20. The summed E-state index contributed by atoms with van der Waals surface area (Å²) in [7, 11) is 0. The van der Waals surface area contributed by atoms with Gasteiger partial charge in [-0.15, -0.1) is 0 Å². The predicted molar refractivity (Wildman–Crippen MR) is 146 cm³/mol. The monoisotopic (exact) mass is 611 g/mol. The van der Waals surface area contributed by atoms with Crippen LogP contribution in [0.2, 0.25) is 15.1 Å². The number of carbonyl (C=O) groups is 3. The van der Waals surface area contributed by atoms with Crippen molar-refractivity contribution in [3.05, 3.63) is 83.9 Å². The maximum absolute atomic E-state index is 12.9. The van der Waals surface area contributed by atoms with Crippen molar-refractivity contribution in [2.75, 3.05) is 11.9 Å². The van der Waals surface area contributed by atoms with E-state index < -0.39 is 23.6 Å². The van der Waals surface area contributed by atoms with Crippen LogP contribution in [0, 0.1) is 13.8 Å². The van der Waals surface area contributed by atoms with Crippen molar-refractivity contribution >= 4 is 91.3 Å². The van der Waals surface area contributed by atoms with E-state index in [1.807, 2.05) is 30.5 Å². The number of carbonyl (C=O) groups excluding carboxylic acids is 3. The molecule has 180 valence electrons. The molecule has 1 aliphatic rings. The summed E-state index contributed by atoms with van der Waals surface area (Å²) >= 11 is 22.3. The molecule has 1 saturated heterocycles.